The fourth-order valence-corrected chi connectivity index (χ4v) is 2.52. The number of ether oxygens (including phenoxy) is 1. The first-order chi connectivity index (χ1) is 12.6. The largest absolute Gasteiger partial charge is 0.494 e. The van der Waals surface area contributed by atoms with Crippen molar-refractivity contribution in [1.82, 2.24) is 15.0 Å². The molecule has 0 bridgehead atoms. The number of benzene rings is 2. The van der Waals surface area contributed by atoms with Crippen molar-refractivity contribution in [1.29, 1.82) is 0 Å². The highest BCUT2D eigenvalue weighted by Gasteiger charge is 2.12. The number of halogens is 1. The minimum Gasteiger partial charge on any atom is -0.494 e. The second-order valence-corrected chi connectivity index (χ2v) is 6.23. The minimum absolute atomic E-state index is 0.274. The van der Waals surface area contributed by atoms with E-state index in [1.807, 2.05) is 37.4 Å². The number of hydrogen-bond donors (Lipinski definition) is 0. The van der Waals surface area contributed by atoms with Gasteiger partial charge in [-0.2, -0.15) is 4.98 Å². The van der Waals surface area contributed by atoms with Crippen molar-refractivity contribution in [2.45, 2.75) is 19.9 Å². The SMILES string of the molecule is Cc1ccc(-c2noc(CN(C)CCCOc3ccccc3)n2)cc1F. The predicted molar refractivity (Wildman–Crippen MR) is 97.3 cm³/mol. The molecule has 0 aliphatic rings. The predicted octanol–water partition coefficient (Wildman–Crippen LogP) is 4.09. The molecule has 0 N–H and O–H groups in total. The van der Waals surface area contributed by atoms with Gasteiger partial charge in [-0.1, -0.05) is 35.5 Å². The fraction of sp³-hybridized carbons (Fsp3) is 0.300. The third kappa shape index (κ3) is 4.89. The number of nitrogens with zero attached hydrogens (tertiary/aromatic N) is 3. The molecule has 26 heavy (non-hydrogen) atoms. The quantitative estimate of drug-likeness (QED) is 0.570. The van der Waals surface area contributed by atoms with Crippen LogP contribution in [0.4, 0.5) is 4.39 Å². The summed E-state index contributed by atoms with van der Waals surface area (Å²) < 4.78 is 24.6. The first kappa shape index (κ1) is 18.1. The Hall–Kier alpha value is -2.73. The summed E-state index contributed by atoms with van der Waals surface area (Å²) in [7, 11) is 1.98. The highest BCUT2D eigenvalue weighted by molar-refractivity contribution is 5.54. The van der Waals surface area contributed by atoms with E-state index in [9.17, 15) is 4.39 Å². The van der Waals surface area contributed by atoms with Crippen molar-refractivity contribution in [3.05, 3.63) is 65.8 Å². The fourth-order valence-electron chi connectivity index (χ4n) is 2.52. The third-order valence-corrected chi connectivity index (χ3v) is 4.00. The molecule has 3 rings (SSSR count). The zero-order chi connectivity index (χ0) is 18.4. The van der Waals surface area contributed by atoms with Gasteiger partial charge in [0.15, 0.2) is 0 Å². The van der Waals surface area contributed by atoms with Crippen LogP contribution in [0.5, 0.6) is 5.75 Å². The summed E-state index contributed by atoms with van der Waals surface area (Å²) in [6.45, 7) is 3.74. The van der Waals surface area contributed by atoms with E-state index < -0.39 is 0 Å². The van der Waals surface area contributed by atoms with Crippen molar-refractivity contribution < 1.29 is 13.7 Å². The van der Waals surface area contributed by atoms with Crippen LogP contribution in [0.2, 0.25) is 0 Å². The zero-order valence-electron chi connectivity index (χ0n) is 15.0. The number of aryl methyl sites for hydroxylation is 1. The molecule has 0 saturated carbocycles. The maximum atomic E-state index is 13.7. The Morgan fingerprint density at radius 1 is 1.15 bits per heavy atom. The third-order valence-electron chi connectivity index (χ3n) is 4.00. The monoisotopic (exact) mass is 355 g/mol. The zero-order valence-corrected chi connectivity index (χ0v) is 15.0. The van der Waals surface area contributed by atoms with Crippen LogP contribution in [0.3, 0.4) is 0 Å². The molecule has 0 aliphatic carbocycles. The first-order valence-corrected chi connectivity index (χ1v) is 8.57. The summed E-state index contributed by atoms with van der Waals surface area (Å²) >= 11 is 0. The van der Waals surface area contributed by atoms with Crippen LogP contribution < -0.4 is 4.74 Å². The summed E-state index contributed by atoms with van der Waals surface area (Å²) in [5, 5.41) is 3.94. The summed E-state index contributed by atoms with van der Waals surface area (Å²) in [6.07, 6.45) is 0.884. The van der Waals surface area contributed by atoms with Gasteiger partial charge in [0.2, 0.25) is 11.7 Å². The smallest absolute Gasteiger partial charge is 0.241 e. The Kier molecular flexibility index (Phi) is 5.96. The molecule has 2 aromatic carbocycles. The maximum absolute atomic E-state index is 13.7. The van der Waals surface area contributed by atoms with Gasteiger partial charge in [-0.05, 0) is 44.2 Å². The van der Waals surface area contributed by atoms with Crippen LogP contribution in [0.1, 0.15) is 17.9 Å². The molecule has 0 fully saturated rings. The molecule has 0 radical (unpaired) electrons. The number of para-hydroxylation sites is 1. The van der Waals surface area contributed by atoms with Crippen LogP contribution in [0.25, 0.3) is 11.4 Å². The molecule has 1 heterocycles. The number of rotatable bonds is 8. The summed E-state index contributed by atoms with van der Waals surface area (Å²) in [5.74, 6) is 1.51. The van der Waals surface area contributed by atoms with Gasteiger partial charge in [-0.25, -0.2) is 4.39 Å². The van der Waals surface area contributed by atoms with E-state index >= 15 is 0 Å². The van der Waals surface area contributed by atoms with Crippen molar-refractivity contribution in [2.75, 3.05) is 20.2 Å². The van der Waals surface area contributed by atoms with Gasteiger partial charge in [-0.15, -0.1) is 0 Å². The van der Waals surface area contributed by atoms with E-state index in [2.05, 4.69) is 15.0 Å². The van der Waals surface area contributed by atoms with Crippen molar-refractivity contribution in [2.24, 2.45) is 0 Å². The molecule has 1 aromatic heterocycles. The van der Waals surface area contributed by atoms with Gasteiger partial charge in [0.05, 0.1) is 13.2 Å². The molecule has 3 aromatic rings. The molecule has 0 spiro atoms. The van der Waals surface area contributed by atoms with Crippen LogP contribution in [0.15, 0.2) is 53.1 Å². The molecule has 136 valence electrons. The maximum Gasteiger partial charge on any atom is 0.241 e. The average molecular weight is 355 g/mol. The lowest BCUT2D eigenvalue weighted by Crippen LogP contribution is -2.21. The van der Waals surface area contributed by atoms with Gasteiger partial charge < -0.3 is 9.26 Å². The summed E-state index contributed by atoms with van der Waals surface area (Å²) in [5.41, 5.74) is 1.21. The van der Waals surface area contributed by atoms with Gasteiger partial charge >= 0.3 is 0 Å². The lowest BCUT2D eigenvalue weighted by atomic mass is 10.1. The van der Waals surface area contributed by atoms with Gasteiger partial charge in [0.1, 0.15) is 11.6 Å². The van der Waals surface area contributed by atoms with E-state index in [1.165, 1.54) is 6.07 Å². The van der Waals surface area contributed by atoms with Crippen molar-refractivity contribution in [3.8, 4) is 17.1 Å². The second-order valence-electron chi connectivity index (χ2n) is 6.23. The van der Waals surface area contributed by atoms with Crippen LogP contribution in [0, 0.1) is 12.7 Å². The van der Waals surface area contributed by atoms with Crippen LogP contribution in [-0.4, -0.2) is 35.2 Å². The molecular weight excluding hydrogens is 333 g/mol. The lowest BCUT2D eigenvalue weighted by Gasteiger charge is -2.14. The minimum atomic E-state index is -0.274. The molecule has 0 atom stereocenters. The average Bonchev–Trinajstić information content (AvgIpc) is 3.10. The molecule has 0 unspecified atom stereocenters. The molecule has 5 nitrogen and oxygen atoms in total. The van der Waals surface area contributed by atoms with Gasteiger partial charge in [0.25, 0.3) is 0 Å². The van der Waals surface area contributed by atoms with Crippen molar-refractivity contribution >= 4 is 0 Å². The normalized spacial score (nSPS) is 11.1. The van der Waals surface area contributed by atoms with E-state index in [-0.39, 0.29) is 5.82 Å². The van der Waals surface area contributed by atoms with Gasteiger partial charge in [-0.3, -0.25) is 4.90 Å². The Morgan fingerprint density at radius 2 is 1.96 bits per heavy atom. The topological polar surface area (TPSA) is 51.4 Å². The van der Waals surface area contributed by atoms with E-state index in [0.29, 0.717) is 36.0 Å². The summed E-state index contributed by atoms with van der Waals surface area (Å²) in [6, 6.07) is 14.7. The Bertz CT molecular complexity index is 836. The Balaban J connectivity index is 1.46. The molecule has 6 heteroatoms. The highest BCUT2D eigenvalue weighted by atomic mass is 19.1. The molecule has 0 aliphatic heterocycles. The standard InChI is InChI=1S/C20H22FN3O2/c1-15-9-10-16(13-18(15)21)20-22-19(26-23-20)14-24(2)11-6-12-25-17-7-4-3-5-8-17/h3-5,7-10,13H,6,11-12,14H2,1-2H3. The number of aromatic nitrogens is 2. The summed E-state index contributed by atoms with van der Waals surface area (Å²) in [4.78, 5) is 6.43. The van der Waals surface area contributed by atoms with Gasteiger partial charge in [0, 0.05) is 12.1 Å². The van der Waals surface area contributed by atoms with Crippen LogP contribution >= 0.6 is 0 Å². The molecule has 0 amide bonds. The molecular formula is C20H22FN3O2. The molecule has 0 saturated heterocycles. The van der Waals surface area contributed by atoms with Crippen LogP contribution in [-0.2, 0) is 6.54 Å². The first-order valence-electron chi connectivity index (χ1n) is 8.57. The van der Waals surface area contributed by atoms with E-state index in [1.54, 1.807) is 19.1 Å². The van der Waals surface area contributed by atoms with E-state index in [4.69, 9.17) is 9.26 Å². The lowest BCUT2D eigenvalue weighted by molar-refractivity contribution is 0.235. The number of hydrogen-bond acceptors (Lipinski definition) is 5. The van der Waals surface area contributed by atoms with E-state index in [0.717, 1.165) is 18.7 Å². The Morgan fingerprint density at radius 3 is 2.73 bits per heavy atom. The second kappa shape index (κ2) is 8.58. The van der Waals surface area contributed by atoms with Crippen molar-refractivity contribution in [3.63, 3.8) is 0 Å². The highest BCUT2D eigenvalue weighted by Crippen LogP contribution is 2.19. The Labute approximate surface area is 152 Å².